The molecule has 1 amide bonds. The maximum Gasteiger partial charge on any atom is 0.256 e. The monoisotopic (exact) mass is 583 g/mol. The number of hydrogen-bond acceptors (Lipinski definition) is 8. The van der Waals surface area contributed by atoms with E-state index in [0.717, 1.165) is 31.9 Å². The molecule has 3 N–H and O–H groups in total. The summed E-state index contributed by atoms with van der Waals surface area (Å²) in [6.45, 7) is 15.3. The largest absolute Gasteiger partial charge is 0.478 e. The highest BCUT2D eigenvalue weighted by atomic mass is 19.1. The Kier molecular flexibility index (Phi) is 11.3. The van der Waals surface area contributed by atoms with E-state index in [9.17, 15) is 9.18 Å². The number of nitrogens with zero attached hydrogens (tertiary/aromatic N) is 5. The fourth-order valence-electron chi connectivity index (χ4n) is 5.47. The van der Waals surface area contributed by atoms with E-state index in [4.69, 9.17) is 10.5 Å². The number of carbonyl (C=O) groups is 1. The highest BCUT2D eigenvalue weighted by Gasteiger charge is 2.46. The second-order valence-electron chi connectivity index (χ2n) is 10.2. The number of nitrogen functional groups attached to an aromatic ring is 1. The van der Waals surface area contributed by atoms with Gasteiger partial charge in [0.15, 0.2) is 11.6 Å². The van der Waals surface area contributed by atoms with Gasteiger partial charge in [0.25, 0.3) is 11.9 Å². The van der Waals surface area contributed by atoms with Gasteiger partial charge < -0.3 is 15.8 Å². The van der Waals surface area contributed by atoms with Crippen LogP contribution in [0.1, 0.15) is 84.5 Å². The van der Waals surface area contributed by atoms with Gasteiger partial charge in [-0.05, 0) is 58.6 Å². The lowest BCUT2D eigenvalue weighted by molar-refractivity contribution is -0.00736. The number of halogens is 2. The number of piperidine rings is 2. The Balaban J connectivity index is 0.00000116. The lowest BCUT2D eigenvalue weighted by Gasteiger charge is -2.54. The van der Waals surface area contributed by atoms with Crippen molar-refractivity contribution in [3.63, 3.8) is 0 Å². The summed E-state index contributed by atoms with van der Waals surface area (Å²) >= 11 is 0. The van der Waals surface area contributed by atoms with Crippen molar-refractivity contribution in [3.05, 3.63) is 47.9 Å². The number of nitrogens with one attached hydrogen (secondary N) is 1. The smallest absolute Gasteiger partial charge is 0.256 e. The third-order valence-electron chi connectivity index (χ3n) is 7.43. The Morgan fingerprint density at radius 3 is 2.36 bits per heavy atom. The predicted octanol–water partition coefficient (Wildman–Crippen LogP) is 6.05. The molecular formula is C31H43F2N7O2. The van der Waals surface area contributed by atoms with Gasteiger partial charge in [0.1, 0.15) is 11.4 Å². The molecule has 0 spiro atoms. The Labute approximate surface area is 247 Å². The van der Waals surface area contributed by atoms with Gasteiger partial charge in [-0.3, -0.25) is 9.69 Å². The molecule has 0 radical (unpaired) electrons. The molecule has 11 heteroatoms. The maximum absolute atomic E-state index is 15.9. The Morgan fingerprint density at radius 2 is 1.79 bits per heavy atom. The first-order valence-corrected chi connectivity index (χ1v) is 14.9. The van der Waals surface area contributed by atoms with Crippen LogP contribution in [0.25, 0.3) is 22.6 Å². The second kappa shape index (κ2) is 14.4. The standard InChI is InChI=1S/C27H31F2N7O2.2C2H6/c1-4-38-21-6-5-16(12-31-21)19-11-18(22(28)23(33-19)20-13-32-25(30)24(29)34-20)26(37)35-27-9-7-17(8-10-27)36(14-27)15(2)3;2*1-2/h5-6,11-13,15,17H,4,7-10,14H2,1-3H3,(H2,30,32)(H,35,37);2*1-2H3. The molecule has 1 aliphatic carbocycles. The number of fused-ring (bicyclic) bond motifs is 3. The summed E-state index contributed by atoms with van der Waals surface area (Å²) in [5.74, 6) is -2.51. The van der Waals surface area contributed by atoms with E-state index in [1.807, 2.05) is 34.6 Å². The quantitative estimate of drug-likeness (QED) is 0.345. The van der Waals surface area contributed by atoms with Crippen molar-refractivity contribution < 1.29 is 18.3 Å². The molecule has 2 bridgehead atoms. The number of anilines is 1. The van der Waals surface area contributed by atoms with E-state index in [-0.39, 0.29) is 22.6 Å². The number of amides is 1. The minimum Gasteiger partial charge on any atom is -0.478 e. The molecule has 0 atom stereocenters. The summed E-state index contributed by atoms with van der Waals surface area (Å²) < 4.78 is 35.5. The molecular weight excluding hydrogens is 540 g/mol. The molecule has 228 valence electrons. The van der Waals surface area contributed by atoms with Crippen molar-refractivity contribution in [1.29, 1.82) is 0 Å². The fraction of sp³-hybridized carbons (Fsp3) is 0.516. The van der Waals surface area contributed by atoms with Gasteiger partial charge >= 0.3 is 0 Å². The summed E-state index contributed by atoms with van der Waals surface area (Å²) in [6, 6.07) is 5.61. The molecule has 0 aromatic carbocycles. The molecule has 3 aromatic rings. The van der Waals surface area contributed by atoms with E-state index in [1.54, 1.807) is 12.1 Å². The van der Waals surface area contributed by atoms with Gasteiger partial charge in [-0.2, -0.15) is 4.39 Å². The molecule has 1 saturated carbocycles. The van der Waals surface area contributed by atoms with Crippen LogP contribution in [0, 0.1) is 11.8 Å². The van der Waals surface area contributed by atoms with Gasteiger partial charge in [0.2, 0.25) is 5.88 Å². The van der Waals surface area contributed by atoms with Crippen molar-refractivity contribution in [2.24, 2.45) is 0 Å². The highest BCUT2D eigenvalue weighted by molar-refractivity contribution is 5.97. The van der Waals surface area contributed by atoms with Gasteiger partial charge in [-0.25, -0.2) is 24.3 Å². The van der Waals surface area contributed by atoms with Crippen LogP contribution in [-0.4, -0.2) is 61.5 Å². The predicted molar refractivity (Wildman–Crippen MR) is 161 cm³/mol. The van der Waals surface area contributed by atoms with E-state index in [2.05, 4.69) is 44.0 Å². The van der Waals surface area contributed by atoms with Crippen LogP contribution < -0.4 is 15.8 Å². The van der Waals surface area contributed by atoms with Crippen LogP contribution in [0.15, 0.2) is 30.6 Å². The van der Waals surface area contributed by atoms with Crippen LogP contribution in [-0.2, 0) is 0 Å². The minimum absolute atomic E-state index is 0.175. The van der Waals surface area contributed by atoms with Gasteiger partial charge in [-0.1, -0.05) is 27.7 Å². The zero-order chi connectivity index (χ0) is 31.0. The molecule has 3 aromatic heterocycles. The normalized spacial score (nSPS) is 19.3. The number of rotatable bonds is 7. The van der Waals surface area contributed by atoms with Crippen LogP contribution in [0.2, 0.25) is 0 Å². The van der Waals surface area contributed by atoms with Crippen LogP contribution >= 0.6 is 0 Å². The van der Waals surface area contributed by atoms with E-state index in [1.165, 1.54) is 12.3 Å². The van der Waals surface area contributed by atoms with Crippen molar-refractivity contribution in [1.82, 2.24) is 30.2 Å². The topological polar surface area (TPSA) is 119 Å². The molecule has 0 unspecified atom stereocenters. The average Bonchev–Trinajstić information content (AvgIpc) is 3.01. The first-order chi connectivity index (χ1) is 20.2. The minimum atomic E-state index is -1.05. The van der Waals surface area contributed by atoms with Gasteiger partial charge in [0, 0.05) is 36.5 Å². The van der Waals surface area contributed by atoms with E-state index in [0.29, 0.717) is 36.7 Å². The summed E-state index contributed by atoms with van der Waals surface area (Å²) in [5, 5.41) is 3.15. The Bertz CT molecular complexity index is 1340. The average molecular weight is 584 g/mol. The number of ether oxygens (including phenoxy) is 1. The molecule has 9 nitrogen and oxygen atoms in total. The lowest BCUT2D eigenvalue weighted by Crippen LogP contribution is -2.66. The van der Waals surface area contributed by atoms with Crippen molar-refractivity contribution in [2.75, 3.05) is 18.9 Å². The molecule has 2 aliphatic heterocycles. The van der Waals surface area contributed by atoms with Crippen molar-refractivity contribution in [2.45, 2.75) is 91.8 Å². The highest BCUT2D eigenvalue weighted by Crippen LogP contribution is 2.39. The number of pyridine rings is 2. The number of hydrogen-bond donors (Lipinski definition) is 2. The van der Waals surface area contributed by atoms with Crippen molar-refractivity contribution in [3.8, 4) is 28.5 Å². The van der Waals surface area contributed by atoms with Crippen molar-refractivity contribution >= 4 is 11.7 Å². The van der Waals surface area contributed by atoms with Crippen LogP contribution in [0.3, 0.4) is 0 Å². The molecule has 42 heavy (non-hydrogen) atoms. The van der Waals surface area contributed by atoms with Gasteiger partial charge in [0.05, 0.1) is 29.6 Å². The summed E-state index contributed by atoms with van der Waals surface area (Å²) in [5.41, 5.74) is 5.12. The molecule has 2 saturated heterocycles. The number of nitrogens with two attached hydrogens (primary N) is 1. The van der Waals surface area contributed by atoms with Crippen LogP contribution in [0.4, 0.5) is 14.6 Å². The first kappa shape index (κ1) is 32.8. The summed E-state index contributed by atoms with van der Waals surface area (Å²) in [4.78, 5) is 32.2. The first-order valence-electron chi connectivity index (χ1n) is 14.9. The van der Waals surface area contributed by atoms with E-state index >= 15 is 4.39 Å². The van der Waals surface area contributed by atoms with Gasteiger partial charge in [-0.15, -0.1) is 0 Å². The molecule has 3 aliphatic rings. The Hall–Kier alpha value is -3.73. The lowest BCUT2D eigenvalue weighted by atomic mass is 9.73. The third-order valence-corrected chi connectivity index (χ3v) is 7.43. The van der Waals surface area contributed by atoms with Crippen LogP contribution in [0.5, 0.6) is 5.88 Å². The number of aromatic nitrogens is 4. The molecule has 5 heterocycles. The maximum atomic E-state index is 15.9. The Morgan fingerprint density at radius 1 is 1.10 bits per heavy atom. The SMILES string of the molecule is CC.CC.CCOc1ccc(-c2cc(C(=O)NC34CCC(CC3)N(C(C)C)C4)c(F)c(-c3cnc(N)c(F)n3)n2)cn1. The van der Waals surface area contributed by atoms with E-state index < -0.39 is 29.0 Å². The summed E-state index contributed by atoms with van der Waals surface area (Å²) in [7, 11) is 0. The second-order valence-corrected chi connectivity index (χ2v) is 10.2. The zero-order valence-electron chi connectivity index (χ0n) is 25.7. The third kappa shape index (κ3) is 7.00. The number of carbonyl (C=O) groups excluding carboxylic acids is 1. The zero-order valence-corrected chi connectivity index (χ0v) is 25.7. The summed E-state index contributed by atoms with van der Waals surface area (Å²) in [6.07, 6.45) is 6.27. The molecule has 3 fully saturated rings. The molecule has 6 rings (SSSR count). The fourth-order valence-corrected chi connectivity index (χ4v) is 5.47.